The average Bonchev–Trinajstić information content (AvgIpc) is 3.15. The maximum Gasteiger partial charge on any atom is 0.433 e. The van der Waals surface area contributed by atoms with Crippen LogP contribution in [0.3, 0.4) is 0 Å². The number of halogens is 3. The van der Waals surface area contributed by atoms with E-state index in [9.17, 15) is 22.8 Å². The molecule has 2 atom stereocenters. The van der Waals surface area contributed by atoms with Gasteiger partial charge in [0.15, 0.2) is 5.60 Å². The quantitative estimate of drug-likeness (QED) is 0.553. The van der Waals surface area contributed by atoms with Gasteiger partial charge in [0.1, 0.15) is 5.69 Å². The Labute approximate surface area is 205 Å². The predicted molar refractivity (Wildman–Crippen MR) is 123 cm³/mol. The zero-order chi connectivity index (χ0) is 25.3. The molecule has 2 aromatic heterocycles. The molecule has 7 nitrogen and oxygen atoms in total. The van der Waals surface area contributed by atoms with Gasteiger partial charge in [0.05, 0.1) is 13.2 Å². The van der Waals surface area contributed by atoms with Crippen molar-refractivity contribution >= 4 is 11.8 Å². The van der Waals surface area contributed by atoms with Crippen molar-refractivity contribution in [2.75, 3.05) is 26.2 Å². The molecule has 2 amide bonds. The first-order valence-corrected chi connectivity index (χ1v) is 11.5. The Morgan fingerprint density at radius 1 is 1.11 bits per heavy atom. The molecule has 0 bridgehead atoms. The third-order valence-electron chi connectivity index (χ3n) is 6.64. The van der Waals surface area contributed by atoms with Gasteiger partial charge in [-0.05, 0) is 29.3 Å². The first-order valence-electron chi connectivity index (χ1n) is 11.5. The lowest BCUT2D eigenvalue weighted by atomic mass is 9.83. The van der Waals surface area contributed by atoms with E-state index in [0.29, 0.717) is 13.1 Å². The number of pyridine rings is 2. The van der Waals surface area contributed by atoms with E-state index in [1.165, 1.54) is 11.0 Å². The zero-order valence-electron chi connectivity index (χ0n) is 19.2. The molecule has 4 heterocycles. The molecule has 1 spiro atoms. The van der Waals surface area contributed by atoms with Gasteiger partial charge in [-0.1, -0.05) is 36.4 Å². The third-order valence-corrected chi connectivity index (χ3v) is 6.64. The van der Waals surface area contributed by atoms with Crippen LogP contribution < -0.4 is 0 Å². The fourth-order valence-electron chi connectivity index (χ4n) is 4.94. The Morgan fingerprint density at radius 2 is 1.92 bits per heavy atom. The molecule has 2 aliphatic rings. The van der Waals surface area contributed by atoms with Crippen molar-refractivity contribution in [3.8, 4) is 0 Å². The van der Waals surface area contributed by atoms with Gasteiger partial charge in [0.2, 0.25) is 0 Å². The second kappa shape index (κ2) is 9.34. The molecular weight excluding hydrogens is 473 g/mol. The largest absolute Gasteiger partial charge is 0.433 e. The summed E-state index contributed by atoms with van der Waals surface area (Å²) in [5.41, 5.74) is -0.884. The van der Waals surface area contributed by atoms with Crippen LogP contribution in [-0.4, -0.2) is 63.4 Å². The van der Waals surface area contributed by atoms with Gasteiger partial charge in [0, 0.05) is 49.7 Å². The summed E-state index contributed by atoms with van der Waals surface area (Å²) in [6.45, 7) is 0.861. The topological polar surface area (TPSA) is 75.6 Å². The highest BCUT2D eigenvalue weighted by atomic mass is 19.4. The third kappa shape index (κ3) is 4.44. The molecule has 0 N–H and O–H groups in total. The fraction of sp³-hybridized carbons (Fsp3) is 0.308. The van der Waals surface area contributed by atoms with E-state index in [-0.39, 0.29) is 37.1 Å². The summed E-state index contributed by atoms with van der Waals surface area (Å²) in [6, 6.07) is 15.1. The van der Waals surface area contributed by atoms with Gasteiger partial charge in [-0.15, -0.1) is 0 Å². The summed E-state index contributed by atoms with van der Waals surface area (Å²) in [5.74, 6) is -1.24. The second-order valence-corrected chi connectivity index (χ2v) is 8.90. The number of ether oxygens (including phenoxy) is 1. The number of hydrogen-bond acceptors (Lipinski definition) is 5. The van der Waals surface area contributed by atoms with Gasteiger partial charge in [-0.25, -0.2) is 0 Å². The van der Waals surface area contributed by atoms with Crippen LogP contribution in [0.15, 0.2) is 73.2 Å². The predicted octanol–water partition coefficient (Wildman–Crippen LogP) is 3.53. The van der Waals surface area contributed by atoms with Crippen LogP contribution in [0.25, 0.3) is 0 Å². The maximum atomic E-state index is 13.8. The molecule has 0 saturated carbocycles. The lowest BCUT2D eigenvalue weighted by molar-refractivity contribution is -0.160. The summed E-state index contributed by atoms with van der Waals surface area (Å²) >= 11 is 0. The maximum absolute atomic E-state index is 13.8. The van der Waals surface area contributed by atoms with Crippen LogP contribution >= 0.6 is 0 Å². The van der Waals surface area contributed by atoms with Crippen LogP contribution in [0.1, 0.15) is 33.1 Å². The fourth-order valence-corrected chi connectivity index (χ4v) is 4.94. The minimum Gasteiger partial charge on any atom is -0.361 e. The molecular formula is C26H23F3N4O3. The number of rotatable bonds is 4. The molecule has 10 heteroatoms. The highest BCUT2D eigenvalue weighted by molar-refractivity contribution is 5.96. The highest BCUT2D eigenvalue weighted by Crippen LogP contribution is 2.43. The zero-order valence-corrected chi connectivity index (χ0v) is 19.2. The molecule has 186 valence electrons. The van der Waals surface area contributed by atoms with Crippen LogP contribution in [0.2, 0.25) is 0 Å². The summed E-state index contributed by atoms with van der Waals surface area (Å²) in [7, 11) is 0. The van der Waals surface area contributed by atoms with Gasteiger partial charge in [-0.2, -0.15) is 13.2 Å². The SMILES string of the molecule is O=C(c1ccnc(C(F)(F)F)c1)N1CCOC2(C1)C(=O)N(Cc1cccnc1)CC2c1ccccc1. The first-order chi connectivity index (χ1) is 17.3. The molecule has 2 unspecified atom stereocenters. The van der Waals surface area contributed by atoms with Crippen molar-refractivity contribution in [2.24, 2.45) is 0 Å². The molecule has 2 saturated heterocycles. The lowest BCUT2D eigenvalue weighted by Crippen LogP contribution is -2.59. The molecule has 2 aliphatic heterocycles. The Hall–Kier alpha value is -3.79. The molecule has 0 aliphatic carbocycles. The van der Waals surface area contributed by atoms with Gasteiger partial charge in [-0.3, -0.25) is 19.6 Å². The molecule has 2 fully saturated rings. The summed E-state index contributed by atoms with van der Waals surface area (Å²) in [4.78, 5) is 37.7. The smallest absolute Gasteiger partial charge is 0.361 e. The molecule has 0 radical (unpaired) electrons. The molecule has 36 heavy (non-hydrogen) atoms. The van der Waals surface area contributed by atoms with Crippen molar-refractivity contribution in [3.05, 3.63) is 95.6 Å². The Kier molecular flexibility index (Phi) is 6.21. The van der Waals surface area contributed by atoms with Crippen LogP contribution in [0, 0.1) is 0 Å². The van der Waals surface area contributed by atoms with E-state index in [2.05, 4.69) is 9.97 Å². The van der Waals surface area contributed by atoms with Gasteiger partial charge >= 0.3 is 6.18 Å². The number of benzene rings is 1. The van der Waals surface area contributed by atoms with Crippen LogP contribution in [0.5, 0.6) is 0 Å². The summed E-state index contributed by atoms with van der Waals surface area (Å²) in [5, 5.41) is 0. The van der Waals surface area contributed by atoms with Crippen molar-refractivity contribution in [1.29, 1.82) is 0 Å². The number of aromatic nitrogens is 2. The highest BCUT2D eigenvalue weighted by Gasteiger charge is 2.58. The van der Waals surface area contributed by atoms with Crippen molar-refractivity contribution in [2.45, 2.75) is 24.2 Å². The molecule has 1 aromatic carbocycles. The average molecular weight is 496 g/mol. The van der Waals surface area contributed by atoms with E-state index in [0.717, 1.165) is 23.4 Å². The van der Waals surface area contributed by atoms with Crippen molar-refractivity contribution < 1.29 is 27.5 Å². The Balaban J connectivity index is 1.47. The number of carbonyl (C=O) groups is 2. The van der Waals surface area contributed by atoms with E-state index in [4.69, 9.17) is 4.74 Å². The minimum absolute atomic E-state index is 0.0720. The minimum atomic E-state index is -4.67. The summed E-state index contributed by atoms with van der Waals surface area (Å²) in [6.07, 6.45) is -0.361. The second-order valence-electron chi connectivity index (χ2n) is 8.90. The lowest BCUT2D eigenvalue weighted by Gasteiger charge is -2.42. The van der Waals surface area contributed by atoms with Crippen molar-refractivity contribution in [1.82, 2.24) is 19.8 Å². The standard InChI is InChI=1S/C26H23F3N4O3/c27-26(28,29)22-13-20(8-10-31-22)23(34)32-11-12-36-25(17-32)21(19-6-2-1-3-7-19)16-33(24(25)35)15-18-5-4-9-30-14-18/h1-10,13-14,21H,11-12,15-17H2. The van der Waals surface area contributed by atoms with Gasteiger partial charge in [0.25, 0.3) is 11.8 Å². The number of alkyl halides is 3. The Morgan fingerprint density at radius 3 is 2.64 bits per heavy atom. The van der Waals surface area contributed by atoms with Crippen LogP contribution in [0.4, 0.5) is 13.2 Å². The van der Waals surface area contributed by atoms with Crippen LogP contribution in [-0.2, 0) is 22.3 Å². The Bertz CT molecular complexity index is 1260. The normalized spacial score (nSPS) is 22.3. The number of amides is 2. The molecule has 3 aromatic rings. The van der Waals surface area contributed by atoms with E-state index >= 15 is 0 Å². The number of morpholine rings is 1. The van der Waals surface area contributed by atoms with E-state index in [1.807, 2.05) is 36.4 Å². The monoisotopic (exact) mass is 496 g/mol. The van der Waals surface area contributed by atoms with Gasteiger partial charge < -0.3 is 14.5 Å². The van der Waals surface area contributed by atoms with Crippen molar-refractivity contribution in [3.63, 3.8) is 0 Å². The molecule has 5 rings (SSSR count). The number of nitrogens with zero attached hydrogens (tertiary/aromatic N) is 4. The van der Waals surface area contributed by atoms with E-state index in [1.54, 1.807) is 23.4 Å². The van der Waals surface area contributed by atoms with E-state index < -0.39 is 23.4 Å². The number of likely N-dealkylation sites (tertiary alicyclic amines) is 1. The first kappa shape index (κ1) is 23.9. The number of hydrogen-bond donors (Lipinski definition) is 0. The summed E-state index contributed by atoms with van der Waals surface area (Å²) < 4.78 is 45.7. The number of carbonyl (C=O) groups excluding carboxylic acids is 2.